The van der Waals surface area contributed by atoms with Gasteiger partial charge in [0.1, 0.15) is 0 Å². The zero-order valence-electron chi connectivity index (χ0n) is 28.4. The van der Waals surface area contributed by atoms with Crippen LogP contribution in [0.5, 0.6) is 0 Å². The van der Waals surface area contributed by atoms with Crippen molar-refractivity contribution >= 4 is 65.2 Å². The molecular formula is C50H32N2. The maximum atomic E-state index is 2.42. The third kappa shape index (κ3) is 4.38. The van der Waals surface area contributed by atoms with Gasteiger partial charge in [0.15, 0.2) is 0 Å². The third-order valence-electron chi connectivity index (χ3n) is 10.9. The second-order valence-corrected chi connectivity index (χ2v) is 13.8. The Bertz CT molecular complexity index is 3160. The summed E-state index contributed by atoms with van der Waals surface area (Å²) in [6.45, 7) is 0. The second kappa shape index (κ2) is 11.3. The number of rotatable bonds is 4. The fraction of sp³-hybridized carbons (Fsp3) is 0. The highest BCUT2D eigenvalue weighted by Gasteiger charge is 2.17. The molecule has 0 aliphatic rings. The standard InChI is InChI=1S/C50H32N2/c1-2-10-33(11-3-1)35-18-24-40(25-19-35)51-46-16-8-6-14-43(46)45-32-38(22-28-48(45)51)37-21-27-42-39(30-37)23-29-49-50(42)44-15-7-9-17-47(44)52(49)41-26-20-34-12-4-5-13-36(34)31-41/h1-32H. The van der Waals surface area contributed by atoms with Crippen molar-refractivity contribution in [2.75, 3.05) is 0 Å². The largest absolute Gasteiger partial charge is 0.309 e. The van der Waals surface area contributed by atoms with Crippen LogP contribution in [-0.4, -0.2) is 9.13 Å². The Morgan fingerprint density at radius 2 is 0.808 bits per heavy atom. The minimum atomic E-state index is 1.16. The second-order valence-electron chi connectivity index (χ2n) is 13.8. The summed E-state index contributed by atoms with van der Waals surface area (Å²) in [5.74, 6) is 0. The lowest BCUT2D eigenvalue weighted by Gasteiger charge is -2.11. The van der Waals surface area contributed by atoms with E-state index in [4.69, 9.17) is 0 Å². The molecule has 0 bridgehead atoms. The van der Waals surface area contributed by atoms with Crippen molar-refractivity contribution < 1.29 is 0 Å². The van der Waals surface area contributed by atoms with Crippen molar-refractivity contribution in [3.63, 3.8) is 0 Å². The molecule has 0 saturated heterocycles. The first-order valence-electron chi connectivity index (χ1n) is 17.9. The van der Waals surface area contributed by atoms with E-state index in [1.165, 1.54) is 93.1 Å². The van der Waals surface area contributed by atoms with Gasteiger partial charge in [-0.1, -0.05) is 133 Å². The topological polar surface area (TPSA) is 9.86 Å². The molecule has 2 heterocycles. The Kier molecular flexibility index (Phi) is 6.28. The van der Waals surface area contributed by atoms with E-state index in [1.54, 1.807) is 0 Å². The highest BCUT2D eigenvalue weighted by Crippen LogP contribution is 2.40. The van der Waals surface area contributed by atoms with E-state index in [-0.39, 0.29) is 0 Å². The fourth-order valence-electron chi connectivity index (χ4n) is 8.44. The van der Waals surface area contributed by atoms with E-state index in [0.717, 1.165) is 5.69 Å². The Hall–Kier alpha value is -6.90. The summed E-state index contributed by atoms with van der Waals surface area (Å²) in [7, 11) is 0. The van der Waals surface area contributed by atoms with Crippen LogP contribution in [0.25, 0.3) is 98.8 Å². The van der Waals surface area contributed by atoms with Gasteiger partial charge in [-0.3, -0.25) is 0 Å². The van der Waals surface area contributed by atoms with E-state index in [9.17, 15) is 0 Å². The molecule has 0 unspecified atom stereocenters. The lowest BCUT2D eigenvalue weighted by atomic mass is 9.97. The molecule has 0 aliphatic carbocycles. The van der Waals surface area contributed by atoms with Gasteiger partial charge in [0.05, 0.1) is 22.1 Å². The lowest BCUT2D eigenvalue weighted by Crippen LogP contribution is -1.94. The number of aromatic nitrogens is 2. The molecule has 2 nitrogen and oxygen atoms in total. The van der Waals surface area contributed by atoms with Crippen LogP contribution in [0.2, 0.25) is 0 Å². The number of hydrogen-bond donors (Lipinski definition) is 0. The van der Waals surface area contributed by atoms with Gasteiger partial charge in [-0.2, -0.15) is 0 Å². The van der Waals surface area contributed by atoms with Gasteiger partial charge in [0, 0.05) is 32.9 Å². The molecule has 11 rings (SSSR count). The van der Waals surface area contributed by atoms with Gasteiger partial charge >= 0.3 is 0 Å². The molecule has 9 aromatic carbocycles. The van der Waals surface area contributed by atoms with Gasteiger partial charge in [0.2, 0.25) is 0 Å². The van der Waals surface area contributed by atoms with Crippen LogP contribution >= 0.6 is 0 Å². The maximum Gasteiger partial charge on any atom is 0.0547 e. The van der Waals surface area contributed by atoms with Crippen molar-refractivity contribution in [3.05, 3.63) is 194 Å². The average Bonchev–Trinajstić information content (AvgIpc) is 3.74. The molecule has 0 saturated carbocycles. The first-order chi connectivity index (χ1) is 25.8. The average molecular weight is 661 g/mol. The molecule has 0 atom stereocenters. The molecule has 0 aliphatic heterocycles. The molecule has 2 aromatic heterocycles. The smallest absolute Gasteiger partial charge is 0.0547 e. The molecule has 2 heteroatoms. The van der Waals surface area contributed by atoms with Crippen molar-refractivity contribution in [1.29, 1.82) is 0 Å². The van der Waals surface area contributed by atoms with E-state index in [2.05, 4.69) is 203 Å². The zero-order valence-corrected chi connectivity index (χ0v) is 28.4. The monoisotopic (exact) mass is 660 g/mol. The first kappa shape index (κ1) is 28.9. The molecule has 11 aromatic rings. The summed E-state index contributed by atoms with van der Waals surface area (Å²) in [5, 5.41) is 10.1. The van der Waals surface area contributed by atoms with Crippen molar-refractivity contribution in [2.24, 2.45) is 0 Å². The number of para-hydroxylation sites is 2. The zero-order chi connectivity index (χ0) is 34.2. The molecule has 0 radical (unpaired) electrons. The fourth-order valence-corrected chi connectivity index (χ4v) is 8.44. The van der Waals surface area contributed by atoms with Crippen molar-refractivity contribution in [2.45, 2.75) is 0 Å². The molecule has 52 heavy (non-hydrogen) atoms. The third-order valence-corrected chi connectivity index (χ3v) is 10.9. The SMILES string of the molecule is c1ccc(-c2ccc(-n3c4ccccc4c4cc(-c5ccc6c(ccc7c6c6ccccc6n7-c6ccc7ccccc7c6)c5)ccc43)cc2)cc1. The highest BCUT2D eigenvalue weighted by molar-refractivity contribution is 6.22. The highest BCUT2D eigenvalue weighted by atomic mass is 15.0. The van der Waals surface area contributed by atoms with Crippen molar-refractivity contribution in [3.8, 4) is 33.6 Å². The lowest BCUT2D eigenvalue weighted by molar-refractivity contribution is 1.18. The number of benzene rings is 9. The number of hydrogen-bond acceptors (Lipinski definition) is 0. The molecule has 0 amide bonds. The van der Waals surface area contributed by atoms with Crippen LogP contribution in [0.4, 0.5) is 0 Å². The predicted molar refractivity (Wildman–Crippen MR) is 221 cm³/mol. The van der Waals surface area contributed by atoms with Gasteiger partial charge in [-0.25, -0.2) is 0 Å². The Morgan fingerprint density at radius 3 is 1.65 bits per heavy atom. The molecule has 0 N–H and O–H groups in total. The summed E-state index contributed by atoms with van der Waals surface area (Å²) in [4.78, 5) is 0. The first-order valence-corrected chi connectivity index (χ1v) is 17.9. The summed E-state index contributed by atoms with van der Waals surface area (Å²) >= 11 is 0. The number of nitrogens with zero attached hydrogens (tertiary/aromatic N) is 2. The maximum absolute atomic E-state index is 2.42. The number of fused-ring (bicyclic) bond motifs is 9. The van der Waals surface area contributed by atoms with Crippen LogP contribution in [0.15, 0.2) is 194 Å². The van der Waals surface area contributed by atoms with E-state index in [0.29, 0.717) is 0 Å². The van der Waals surface area contributed by atoms with E-state index < -0.39 is 0 Å². The van der Waals surface area contributed by atoms with Crippen molar-refractivity contribution in [1.82, 2.24) is 9.13 Å². The van der Waals surface area contributed by atoms with Crippen LogP contribution in [0, 0.1) is 0 Å². The van der Waals surface area contributed by atoms with Gasteiger partial charge in [-0.15, -0.1) is 0 Å². The van der Waals surface area contributed by atoms with Crippen LogP contribution in [0.1, 0.15) is 0 Å². The molecule has 0 spiro atoms. The molecule has 242 valence electrons. The van der Waals surface area contributed by atoms with Crippen LogP contribution in [0.3, 0.4) is 0 Å². The van der Waals surface area contributed by atoms with Gasteiger partial charge in [0.25, 0.3) is 0 Å². The van der Waals surface area contributed by atoms with Crippen LogP contribution < -0.4 is 0 Å². The van der Waals surface area contributed by atoms with Gasteiger partial charge in [-0.05, 0) is 104 Å². The Balaban J connectivity index is 1.04. The predicted octanol–water partition coefficient (Wildman–Crippen LogP) is 13.5. The Morgan fingerprint density at radius 1 is 0.250 bits per heavy atom. The minimum Gasteiger partial charge on any atom is -0.309 e. The summed E-state index contributed by atoms with van der Waals surface area (Å²) in [5.41, 5.74) is 12.1. The molecular weight excluding hydrogens is 629 g/mol. The molecule has 0 fully saturated rings. The van der Waals surface area contributed by atoms with Crippen LogP contribution in [-0.2, 0) is 0 Å². The summed E-state index contributed by atoms with van der Waals surface area (Å²) in [6, 6.07) is 71.0. The Labute approximate surface area is 301 Å². The van der Waals surface area contributed by atoms with E-state index in [1.807, 2.05) is 0 Å². The minimum absolute atomic E-state index is 1.16. The quantitative estimate of drug-likeness (QED) is 0.178. The normalized spacial score (nSPS) is 11.8. The van der Waals surface area contributed by atoms with E-state index >= 15 is 0 Å². The summed E-state index contributed by atoms with van der Waals surface area (Å²) < 4.78 is 4.81. The van der Waals surface area contributed by atoms with Gasteiger partial charge < -0.3 is 9.13 Å². The summed E-state index contributed by atoms with van der Waals surface area (Å²) in [6.07, 6.45) is 0.